The van der Waals surface area contributed by atoms with E-state index in [-0.39, 0.29) is 5.41 Å². The molecule has 3 rings (SSSR count). The fourth-order valence-corrected chi connectivity index (χ4v) is 3.09. The molecule has 2 aromatic rings. The molecular weight excluding hydrogens is 224 g/mol. The minimum absolute atomic E-state index is 0.223. The van der Waals surface area contributed by atoms with Gasteiger partial charge in [0.2, 0.25) is 0 Å². The normalized spacial score (nSPS) is 19.2. The van der Waals surface area contributed by atoms with Gasteiger partial charge in [0.1, 0.15) is 5.82 Å². The summed E-state index contributed by atoms with van der Waals surface area (Å²) in [6, 6.07) is 4.01. The number of nitrogens with one attached hydrogen (secondary N) is 2. The van der Waals surface area contributed by atoms with Gasteiger partial charge in [-0.3, -0.25) is 0 Å². The van der Waals surface area contributed by atoms with Crippen LogP contribution in [0.5, 0.6) is 0 Å². The highest BCUT2D eigenvalue weighted by Crippen LogP contribution is 2.36. The van der Waals surface area contributed by atoms with E-state index >= 15 is 0 Å². The van der Waals surface area contributed by atoms with Gasteiger partial charge in [0.05, 0.1) is 5.52 Å². The van der Waals surface area contributed by atoms with Gasteiger partial charge in [-0.25, -0.2) is 9.97 Å². The number of hydrogen-bond donors (Lipinski definition) is 2. The van der Waals surface area contributed by atoms with Gasteiger partial charge in [0.15, 0.2) is 5.65 Å². The molecule has 0 atom stereocenters. The molecule has 3 heterocycles. The van der Waals surface area contributed by atoms with Gasteiger partial charge in [-0.2, -0.15) is 0 Å². The second-order valence-electron chi connectivity index (χ2n) is 5.24. The fraction of sp³-hybridized carbons (Fsp3) is 0.571. The number of imidazole rings is 1. The lowest BCUT2D eigenvalue weighted by molar-refractivity contribution is 0.273. The Bertz CT molecular complexity index is 487. The van der Waals surface area contributed by atoms with E-state index in [0.717, 1.165) is 30.1 Å². The van der Waals surface area contributed by atoms with E-state index in [1.54, 1.807) is 0 Å². The molecule has 4 nitrogen and oxygen atoms in total. The van der Waals surface area contributed by atoms with Crippen molar-refractivity contribution in [3.05, 3.63) is 24.2 Å². The molecule has 1 aliphatic rings. The van der Waals surface area contributed by atoms with Crippen LogP contribution in [0.15, 0.2) is 18.3 Å². The molecule has 0 radical (unpaired) electrons. The Hall–Kier alpha value is -1.42. The lowest BCUT2D eigenvalue weighted by atomic mass is 9.75. The lowest BCUT2D eigenvalue weighted by Crippen LogP contribution is -2.40. The Kier molecular flexibility index (Phi) is 3.04. The first-order valence-corrected chi connectivity index (χ1v) is 6.86. The van der Waals surface area contributed by atoms with Crippen molar-refractivity contribution in [3.8, 4) is 0 Å². The van der Waals surface area contributed by atoms with Crippen molar-refractivity contribution < 1.29 is 0 Å². The van der Waals surface area contributed by atoms with Gasteiger partial charge in [0, 0.05) is 11.6 Å². The van der Waals surface area contributed by atoms with Gasteiger partial charge < -0.3 is 10.3 Å². The predicted molar refractivity (Wildman–Crippen MR) is 72.6 cm³/mol. The third kappa shape index (κ3) is 1.90. The monoisotopic (exact) mass is 244 g/mol. The van der Waals surface area contributed by atoms with Crippen LogP contribution in [-0.2, 0) is 5.41 Å². The molecule has 1 fully saturated rings. The maximum absolute atomic E-state index is 4.73. The third-order valence-corrected chi connectivity index (χ3v) is 4.05. The van der Waals surface area contributed by atoms with Crippen molar-refractivity contribution in [3.63, 3.8) is 0 Å². The maximum Gasteiger partial charge on any atom is 0.177 e. The molecule has 18 heavy (non-hydrogen) atoms. The molecule has 1 saturated heterocycles. The van der Waals surface area contributed by atoms with E-state index in [1.165, 1.54) is 25.7 Å². The van der Waals surface area contributed by atoms with E-state index in [0.29, 0.717) is 0 Å². The molecule has 96 valence electrons. The summed E-state index contributed by atoms with van der Waals surface area (Å²) in [7, 11) is 0. The van der Waals surface area contributed by atoms with Crippen LogP contribution >= 0.6 is 0 Å². The summed E-state index contributed by atoms with van der Waals surface area (Å²) in [6.45, 7) is 4.43. The van der Waals surface area contributed by atoms with Gasteiger partial charge in [-0.15, -0.1) is 0 Å². The molecule has 0 unspecified atom stereocenters. The van der Waals surface area contributed by atoms with Crippen molar-refractivity contribution in [1.82, 2.24) is 20.3 Å². The highest BCUT2D eigenvalue weighted by Gasteiger charge is 2.35. The fourth-order valence-electron chi connectivity index (χ4n) is 3.09. The van der Waals surface area contributed by atoms with Gasteiger partial charge in [-0.05, 0) is 44.5 Å². The van der Waals surface area contributed by atoms with Crippen LogP contribution in [0.1, 0.15) is 38.4 Å². The number of aromatic nitrogens is 3. The maximum atomic E-state index is 4.73. The quantitative estimate of drug-likeness (QED) is 0.871. The zero-order valence-corrected chi connectivity index (χ0v) is 10.9. The molecule has 0 saturated carbocycles. The Morgan fingerprint density at radius 1 is 1.33 bits per heavy atom. The molecule has 0 bridgehead atoms. The molecule has 0 amide bonds. The molecule has 0 spiro atoms. The van der Waals surface area contributed by atoms with E-state index in [1.807, 2.05) is 12.3 Å². The largest absolute Gasteiger partial charge is 0.340 e. The van der Waals surface area contributed by atoms with Gasteiger partial charge in [0.25, 0.3) is 0 Å². The topological polar surface area (TPSA) is 53.6 Å². The average molecular weight is 244 g/mol. The summed E-state index contributed by atoms with van der Waals surface area (Å²) in [5, 5.41) is 3.44. The second-order valence-corrected chi connectivity index (χ2v) is 5.24. The first-order valence-electron chi connectivity index (χ1n) is 6.86. The highest BCUT2D eigenvalue weighted by molar-refractivity contribution is 5.70. The van der Waals surface area contributed by atoms with Crippen LogP contribution in [-0.4, -0.2) is 28.0 Å². The van der Waals surface area contributed by atoms with Crippen molar-refractivity contribution in [2.24, 2.45) is 0 Å². The third-order valence-electron chi connectivity index (χ3n) is 4.05. The summed E-state index contributed by atoms with van der Waals surface area (Å²) in [6.07, 6.45) is 6.54. The number of nitrogens with zero attached hydrogens (tertiary/aromatic N) is 2. The molecule has 2 N–H and O–H groups in total. The van der Waals surface area contributed by atoms with Crippen molar-refractivity contribution in [2.75, 3.05) is 13.1 Å². The van der Waals surface area contributed by atoms with Crippen molar-refractivity contribution >= 4 is 11.2 Å². The first kappa shape index (κ1) is 11.7. The standard InChI is InChI=1S/C14H20N4/c1-2-5-14(6-9-15-10-7-14)13-17-11-4-3-8-16-12(11)18-13/h3-4,8,15H,2,5-7,9-10H2,1H3,(H,16,17,18). The molecule has 4 heteroatoms. The van der Waals surface area contributed by atoms with E-state index in [4.69, 9.17) is 4.98 Å². The first-order chi connectivity index (χ1) is 8.84. The molecule has 0 aliphatic carbocycles. The van der Waals surface area contributed by atoms with Crippen LogP contribution < -0.4 is 5.32 Å². The number of rotatable bonds is 3. The minimum Gasteiger partial charge on any atom is -0.340 e. The van der Waals surface area contributed by atoms with Crippen LogP contribution in [0.25, 0.3) is 11.2 Å². The number of pyridine rings is 1. The summed E-state index contributed by atoms with van der Waals surface area (Å²) in [5.41, 5.74) is 2.13. The van der Waals surface area contributed by atoms with Crippen LogP contribution in [0.2, 0.25) is 0 Å². The summed E-state index contributed by atoms with van der Waals surface area (Å²) in [4.78, 5) is 12.6. The second kappa shape index (κ2) is 4.69. The smallest absolute Gasteiger partial charge is 0.177 e. The Morgan fingerprint density at radius 2 is 2.17 bits per heavy atom. The lowest BCUT2D eigenvalue weighted by Gasteiger charge is -2.35. The Morgan fingerprint density at radius 3 is 2.89 bits per heavy atom. The van der Waals surface area contributed by atoms with E-state index in [9.17, 15) is 0 Å². The highest BCUT2D eigenvalue weighted by atomic mass is 15.0. The number of piperidine rings is 1. The molecular formula is C14H20N4. The minimum atomic E-state index is 0.223. The summed E-state index contributed by atoms with van der Waals surface area (Å²) in [5.74, 6) is 1.14. The van der Waals surface area contributed by atoms with Gasteiger partial charge >= 0.3 is 0 Å². The molecule has 1 aliphatic heterocycles. The van der Waals surface area contributed by atoms with Crippen molar-refractivity contribution in [2.45, 2.75) is 38.0 Å². The summed E-state index contributed by atoms with van der Waals surface area (Å²) >= 11 is 0. The van der Waals surface area contributed by atoms with Crippen LogP contribution in [0.4, 0.5) is 0 Å². The Labute approximate surface area is 107 Å². The van der Waals surface area contributed by atoms with E-state index in [2.05, 4.69) is 28.3 Å². The zero-order chi connectivity index (χ0) is 12.4. The van der Waals surface area contributed by atoms with Gasteiger partial charge in [-0.1, -0.05) is 13.3 Å². The van der Waals surface area contributed by atoms with Crippen molar-refractivity contribution in [1.29, 1.82) is 0 Å². The predicted octanol–water partition coefficient (Wildman–Crippen LogP) is 2.38. The number of hydrogen-bond acceptors (Lipinski definition) is 3. The number of fused-ring (bicyclic) bond motifs is 1. The van der Waals surface area contributed by atoms with Crippen LogP contribution in [0, 0.1) is 0 Å². The molecule has 2 aromatic heterocycles. The average Bonchev–Trinajstić information content (AvgIpc) is 2.84. The number of H-pyrrole nitrogens is 1. The van der Waals surface area contributed by atoms with Crippen LogP contribution in [0.3, 0.4) is 0 Å². The van der Waals surface area contributed by atoms with E-state index < -0.39 is 0 Å². The number of aromatic amines is 1. The Balaban J connectivity index is 2.03. The summed E-state index contributed by atoms with van der Waals surface area (Å²) < 4.78 is 0. The molecule has 0 aromatic carbocycles. The SMILES string of the molecule is CCCC1(c2nc3ncccc3[nH]2)CCNCC1. The zero-order valence-electron chi connectivity index (χ0n) is 10.9.